The highest BCUT2D eigenvalue weighted by Crippen LogP contribution is 2.26. The molecule has 0 aliphatic carbocycles. The number of carbonyl (C=O) groups is 1. The van der Waals surface area contributed by atoms with Gasteiger partial charge < -0.3 is 4.18 Å². The molecule has 0 spiro atoms. The average Bonchev–Trinajstić information content (AvgIpc) is 2.47. The summed E-state index contributed by atoms with van der Waals surface area (Å²) in [7, 11) is -4.37. The Balaban J connectivity index is 2.43. The highest BCUT2D eigenvalue weighted by Gasteiger charge is 2.27. The first-order valence-corrected chi connectivity index (χ1v) is 7.08. The molecule has 0 fully saturated rings. The average molecular weight is 307 g/mol. The summed E-state index contributed by atoms with van der Waals surface area (Å²) >= 11 is 0. The molecule has 0 atom stereocenters. The Kier molecular flexibility index (Phi) is 3.99. The summed E-state index contributed by atoms with van der Waals surface area (Å²) < 4.78 is 29.1. The van der Waals surface area contributed by atoms with Gasteiger partial charge in [-0.3, -0.25) is 14.9 Å². The summed E-state index contributed by atoms with van der Waals surface area (Å²) in [4.78, 5) is 20.1. The zero-order valence-electron chi connectivity index (χ0n) is 10.5. The van der Waals surface area contributed by atoms with Crippen LogP contribution in [0.5, 0.6) is 5.75 Å². The first-order chi connectivity index (χ1) is 9.94. The van der Waals surface area contributed by atoms with Crippen LogP contribution in [-0.4, -0.2) is 19.6 Å². The molecular weight excluding hydrogens is 298 g/mol. The number of hydrogen-bond acceptors (Lipinski definition) is 6. The van der Waals surface area contributed by atoms with Crippen LogP contribution in [0.15, 0.2) is 53.4 Å². The van der Waals surface area contributed by atoms with Crippen molar-refractivity contribution in [3.63, 3.8) is 0 Å². The van der Waals surface area contributed by atoms with Crippen LogP contribution in [0, 0.1) is 10.1 Å². The van der Waals surface area contributed by atoms with Gasteiger partial charge in [-0.2, -0.15) is 8.42 Å². The summed E-state index contributed by atoms with van der Waals surface area (Å²) in [6, 6.07) is 10.3. The van der Waals surface area contributed by atoms with E-state index in [9.17, 15) is 23.3 Å². The van der Waals surface area contributed by atoms with Gasteiger partial charge >= 0.3 is 10.1 Å². The van der Waals surface area contributed by atoms with Gasteiger partial charge in [-0.25, -0.2) is 0 Å². The minimum absolute atomic E-state index is 0.0993. The Hall–Kier alpha value is -2.74. The molecule has 2 aromatic carbocycles. The summed E-state index contributed by atoms with van der Waals surface area (Å²) in [5.41, 5.74) is -0.352. The number of nitrogens with zero attached hydrogens (tertiary/aromatic N) is 1. The summed E-state index contributed by atoms with van der Waals surface area (Å²) in [5, 5.41) is 10.9. The maximum Gasteiger partial charge on any atom is 0.346 e. The van der Waals surface area contributed by atoms with Crippen LogP contribution in [0.3, 0.4) is 0 Å². The molecule has 8 heteroatoms. The molecule has 0 heterocycles. The number of carbonyl (C=O) groups excluding carboxylic acids is 1. The first kappa shape index (κ1) is 14.7. The third-order valence-electron chi connectivity index (χ3n) is 2.53. The van der Waals surface area contributed by atoms with Crippen LogP contribution < -0.4 is 4.18 Å². The second-order valence-electron chi connectivity index (χ2n) is 3.95. The predicted octanol–water partition coefficient (Wildman–Crippen LogP) is 2.17. The van der Waals surface area contributed by atoms with Crippen molar-refractivity contribution in [3.8, 4) is 5.75 Å². The maximum absolute atomic E-state index is 12.1. The predicted molar refractivity (Wildman–Crippen MR) is 72.7 cm³/mol. The quantitative estimate of drug-likeness (QED) is 0.363. The number of nitro groups is 1. The fourth-order valence-corrected chi connectivity index (χ4v) is 2.72. The van der Waals surface area contributed by atoms with E-state index in [4.69, 9.17) is 4.18 Å². The van der Waals surface area contributed by atoms with Crippen molar-refractivity contribution < 1.29 is 22.3 Å². The van der Waals surface area contributed by atoms with E-state index >= 15 is 0 Å². The van der Waals surface area contributed by atoms with Crippen LogP contribution in [0.4, 0.5) is 5.69 Å². The second kappa shape index (κ2) is 5.71. The van der Waals surface area contributed by atoms with E-state index in [0.717, 1.165) is 12.1 Å². The summed E-state index contributed by atoms with van der Waals surface area (Å²) in [6.07, 6.45) is 0.532. The van der Waals surface area contributed by atoms with Crippen LogP contribution in [0.2, 0.25) is 0 Å². The lowest BCUT2D eigenvalue weighted by Gasteiger charge is -2.07. The summed E-state index contributed by atoms with van der Waals surface area (Å²) in [6.45, 7) is 0. The lowest BCUT2D eigenvalue weighted by Crippen LogP contribution is -2.12. The van der Waals surface area contributed by atoms with E-state index < -0.39 is 25.6 Å². The van der Waals surface area contributed by atoms with Crippen LogP contribution in [0.25, 0.3) is 0 Å². The van der Waals surface area contributed by atoms with E-state index in [1.807, 2.05) is 0 Å². The molecular formula is C13H9NO6S. The van der Waals surface area contributed by atoms with Crippen LogP contribution in [-0.2, 0) is 10.1 Å². The molecule has 108 valence electrons. The molecule has 0 amide bonds. The third kappa shape index (κ3) is 3.23. The molecule has 0 saturated heterocycles. The van der Waals surface area contributed by atoms with Gasteiger partial charge in [0.15, 0.2) is 4.90 Å². The molecule has 2 aromatic rings. The van der Waals surface area contributed by atoms with Crippen molar-refractivity contribution >= 4 is 22.1 Å². The van der Waals surface area contributed by atoms with Crippen molar-refractivity contribution in [2.24, 2.45) is 0 Å². The van der Waals surface area contributed by atoms with Crippen molar-refractivity contribution in [3.05, 3.63) is 64.2 Å². The lowest BCUT2D eigenvalue weighted by molar-refractivity contribution is -0.387. The lowest BCUT2D eigenvalue weighted by atomic mass is 10.2. The normalized spacial score (nSPS) is 10.9. The number of aldehydes is 1. The monoisotopic (exact) mass is 307 g/mol. The molecule has 0 radical (unpaired) electrons. The molecule has 0 unspecified atom stereocenters. The fourth-order valence-electron chi connectivity index (χ4n) is 1.63. The number of benzene rings is 2. The molecule has 0 aliphatic heterocycles. The largest absolute Gasteiger partial charge is 0.379 e. The zero-order valence-corrected chi connectivity index (χ0v) is 11.3. The van der Waals surface area contributed by atoms with E-state index in [1.54, 1.807) is 0 Å². The third-order valence-corrected chi connectivity index (χ3v) is 3.83. The van der Waals surface area contributed by atoms with Crippen LogP contribution in [0.1, 0.15) is 10.4 Å². The Morgan fingerprint density at radius 1 is 1.10 bits per heavy atom. The smallest absolute Gasteiger partial charge is 0.346 e. The molecule has 7 nitrogen and oxygen atoms in total. The molecule has 21 heavy (non-hydrogen) atoms. The minimum Gasteiger partial charge on any atom is -0.379 e. The molecule has 0 saturated carbocycles. The molecule has 0 aliphatic rings. The van der Waals surface area contributed by atoms with Gasteiger partial charge in [0, 0.05) is 11.6 Å². The van der Waals surface area contributed by atoms with Crippen molar-refractivity contribution in [1.82, 2.24) is 0 Å². The van der Waals surface area contributed by atoms with Crippen molar-refractivity contribution in [2.45, 2.75) is 4.90 Å². The fraction of sp³-hybridized carbons (Fsp3) is 0. The standard InChI is InChI=1S/C13H9NO6S/c15-9-10-4-3-5-11(8-10)20-21(18,19)13-7-2-1-6-12(13)14(16)17/h1-9H. The molecule has 2 rings (SSSR count). The van der Waals surface area contributed by atoms with E-state index in [2.05, 4.69) is 0 Å². The van der Waals surface area contributed by atoms with Crippen molar-refractivity contribution in [2.75, 3.05) is 0 Å². The van der Waals surface area contributed by atoms with Gasteiger partial charge in [0.2, 0.25) is 0 Å². The summed E-state index contributed by atoms with van der Waals surface area (Å²) in [5.74, 6) is -0.0993. The minimum atomic E-state index is -4.37. The Labute approximate surface area is 120 Å². The van der Waals surface area contributed by atoms with Gasteiger partial charge in [0.1, 0.15) is 12.0 Å². The first-order valence-electron chi connectivity index (χ1n) is 5.67. The number of hydrogen-bond donors (Lipinski definition) is 0. The molecule has 0 N–H and O–H groups in total. The molecule has 0 aromatic heterocycles. The number of rotatable bonds is 5. The zero-order chi connectivity index (χ0) is 15.5. The Morgan fingerprint density at radius 3 is 2.48 bits per heavy atom. The second-order valence-corrected chi connectivity index (χ2v) is 5.47. The van der Waals surface area contributed by atoms with Crippen molar-refractivity contribution in [1.29, 1.82) is 0 Å². The van der Waals surface area contributed by atoms with Gasteiger partial charge in [0.05, 0.1) is 4.92 Å². The van der Waals surface area contributed by atoms with Gasteiger partial charge in [0.25, 0.3) is 5.69 Å². The highest BCUT2D eigenvalue weighted by atomic mass is 32.2. The van der Waals surface area contributed by atoms with E-state index in [0.29, 0.717) is 6.29 Å². The van der Waals surface area contributed by atoms with E-state index in [-0.39, 0.29) is 11.3 Å². The number of nitro benzene ring substituents is 1. The van der Waals surface area contributed by atoms with E-state index in [1.165, 1.54) is 36.4 Å². The topological polar surface area (TPSA) is 104 Å². The SMILES string of the molecule is O=Cc1cccc(OS(=O)(=O)c2ccccc2[N+](=O)[O-])c1. The maximum atomic E-state index is 12.1. The van der Waals surface area contributed by atoms with Gasteiger partial charge in [-0.15, -0.1) is 0 Å². The molecule has 0 bridgehead atoms. The van der Waals surface area contributed by atoms with Crippen LogP contribution >= 0.6 is 0 Å². The highest BCUT2D eigenvalue weighted by molar-refractivity contribution is 7.87. The van der Waals surface area contributed by atoms with Gasteiger partial charge in [-0.05, 0) is 18.2 Å². The Morgan fingerprint density at radius 2 is 1.81 bits per heavy atom. The number of para-hydroxylation sites is 1. The Bertz CT molecular complexity index is 800. The van der Waals surface area contributed by atoms with Gasteiger partial charge in [-0.1, -0.05) is 24.3 Å².